The molecule has 214 valence electrons. The maximum Gasteiger partial charge on any atom is 0.238 e. The summed E-state index contributed by atoms with van der Waals surface area (Å²) in [4.78, 5) is 56.8. The number of benzene rings is 2. The first-order valence-electron chi connectivity index (χ1n) is 11.8. The van der Waals surface area contributed by atoms with E-state index in [4.69, 9.17) is 0 Å². The van der Waals surface area contributed by atoms with Crippen LogP contribution < -0.4 is 0 Å². The van der Waals surface area contributed by atoms with E-state index in [0.717, 1.165) is 23.6 Å². The van der Waals surface area contributed by atoms with Gasteiger partial charge in [0.1, 0.15) is 0 Å². The summed E-state index contributed by atoms with van der Waals surface area (Å²) < 4.78 is 49.0. The molecule has 0 amide bonds. The van der Waals surface area contributed by atoms with E-state index in [0.29, 0.717) is 0 Å². The number of sulfone groups is 2. The number of carbonyl (C=O) groups excluding carboxylic acids is 4. The van der Waals surface area contributed by atoms with Crippen LogP contribution >= 0.6 is 0 Å². The summed E-state index contributed by atoms with van der Waals surface area (Å²) in [6, 6.07) is 12.2. The lowest BCUT2D eigenvalue weighted by Crippen LogP contribution is -2.22. The second kappa shape index (κ2) is 14.9. The second-order valence-corrected chi connectivity index (χ2v) is 12.7. The van der Waals surface area contributed by atoms with Crippen molar-refractivity contribution in [1.29, 1.82) is 0 Å². The number of hydrogen-bond donors (Lipinski definition) is 0. The van der Waals surface area contributed by atoms with Crippen LogP contribution in [-0.4, -0.2) is 77.1 Å². The molecule has 40 heavy (non-hydrogen) atoms. The van der Waals surface area contributed by atoms with Crippen LogP contribution in [0.15, 0.2) is 68.6 Å². The fourth-order valence-corrected chi connectivity index (χ4v) is 5.43. The highest BCUT2D eigenvalue weighted by Crippen LogP contribution is 2.14. The number of oxime groups is 2. The molecule has 14 heteroatoms. The molecule has 0 atom stereocenters. The second-order valence-electron chi connectivity index (χ2n) is 8.51. The summed E-state index contributed by atoms with van der Waals surface area (Å²) in [5, 5.41) is 6.67. The van der Waals surface area contributed by atoms with Gasteiger partial charge in [-0.25, -0.2) is 16.8 Å². The summed E-state index contributed by atoms with van der Waals surface area (Å²) in [5.41, 5.74) is 1.76. The molecule has 0 fully saturated rings. The fraction of sp³-hybridized carbons (Fsp3) is 0.308. The Kier molecular flexibility index (Phi) is 12.0. The molecule has 0 N–H and O–H groups in total. The highest BCUT2D eigenvalue weighted by atomic mass is 32.2. The van der Waals surface area contributed by atoms with Crippen LogP contribution in [0.4, 0.5) is 0 Å². The Labute approximate surface area is 231 Å². The van der Waals surface area contributed by atoms with Gasteiger partial charge in [0.15, 0.2) is 32.9 Å². The maximum atomic E-state index is 12.3. The number of rotatable bonds is 17. The van der Waals surface area contributed by atoms with Crippen molar-refractivity contribution < 1.29 is 45.7 Å². The minimum atomic E-state index is -3.72. The zero-order valence-corrected chi connectivity index (χ0v) is 23.4. The Bertz CT molecular complexity index is 1380. The monoisotopic (exact) mass is 592 g/mol. The molecule has 0 saturated carbocycles. The zero-order valence-electron chi connectivity index (χ0n) is 21.8. The van der Waals surface area contributed by atoms with Gasteiger partial charge in [-0.15, -0.1) is 0 Å². The molecule has 0 aliphatic rings. The van der Waals surface area contributed by atoms with Crippen molar-refractivity contribution in [3.8, 4) is 0 Å². The largest absolute Gasteiger partial charge is 0.387 e. The van der Waals surface area contributed by atoms with Crippen molar-refractivity contribution >= 4 is 55.2 Å². The molecule has 2 aromatic carbocycles. The first kappa shape index (κ1) is 32.2. The number of Topliss-reactive ketones (excluding diaryl/α,β-unsaturated/α-hetero) is 4. The molecule has 0 aromatic heterocycles. The smallest absolute Gasteiger partial charge is 0.238 e. The summed E-state index contributed by atoms with van der Waals surface area (Å²) in [5.74, 6) is -4.87. The van der Waals surface area contributed by atoms with Crippen LogP contribution in [0, 0.1) is 13.8 Å². The van der Waals surface area contributed by atoms with Crippen molar-refractivity contribution in [2.45, 2.75) is 36.5 Å². The van der Waals surface area contributed by atoms with E-state index in [1.54, 1.807) is 38.1 Å². The van der Waals surface area contributed by atoms with E-state index in [1.807, 2.05) is 0 Å². The Morgan fingerprint density at radius 1 is 0.600 bits per heavy atom. The third kappa shape index (κ3) is 10.6. The summed E-state index contributed by atoms with van der Waals surface area (Å²) in [6.45, 7) is 2.15. The van der Waals surface area contributed by atoms with Gasteiger partial charge in [0.25, 0.3) is 0 Å². The van der Waals surface area contributed by atoms with Gasteiger partial charge < -0.3 is 9.68 Å². The van der Waals surface area contributed by atoms with E-state index in [1.165, 1.54) is 24.3 Å². The van der Waals surface area contributed by atoms with Crippen molar-refractivity contribution in [3.63, 3.8) is 0 Å². The van der Waals surface area contributed by atoms with Crippen LogP contribution in [0.1, 0.15) is 24.0 Å². The third-order valence-corrected chi connectivity index (χ3v) is 8.77. The first-order valence-corrected chi connectivity index (χ1v) is 15.1. The highest BCUT2D eigenvalue weighted by Gasteiger charge is 2.22. The highest BCUT2D eigenvalue weighted by molar-refractivity contribution is 7.91. The van der Waals surface area contributed by atoms with Crippen molar-refractivity contribution in [1.82, 2.24) is 0 Å². The van der Waals surface area contributed by atoms with Crippen LogP contribution in [0.25, 0.3) is 0 Å². The summed E-state index contributed by atoms with van der Waals surface area (Å²) >= 11 is 0. The molecule has 0 aliphatic carbocycles. The van der Waals surface area contributed by atoms with Crippen molar-refractivity contribution in [2.75, 3.05) is 24.7 Å². The molecule has 0 heterocycles. The zero-order chi connectivity index (χ0) is 29.8. The fourth-order valence-electron chi connectivity index (χ4n) is 2.95. The van der Waals surface area contributed by atoms with E-state index >= 15 is 0 Å². The molecule has 0 saturated heterocycles. The topological polar surface area (TPSA) is 180 Å². The van der Waals surface area contributed by atoms with Crippen LogP contribution in [0.3, 0.4) is 0 Å². The molecule has 0 unspecified atom stereocenters. The molecular weight excluding hydrogens is 564 g/mol. The van der Waals surface area contributed by atoms with Gasteiger partial charge in [-0.1, -0.05) is 45.7 Å². The number of aryl methyl sites for hydroxylation is 2. The number of ketones is 4. The van der Waals surface area contributed by atoms with Gasteiger partial charge in [0.2, 0.25) is 23.1 Å². The average Bonchev–Trinajstić information content (AvgIpc) is 2.92. The van der Waals surface area contributed by atoms with E-state index in [-0.39, 0.29) is 9.79 Å². The lowest BCUT2D eigenvalue weighted by molar-refractivity contribution is -0.139. The lowest BCUT2D eigenvalue weighted by Gasteiger charge is -2.04. The summed E-state index contributed by atoms with van der Waals surface area (Å²) in [7, 11) is -7.45. The van der Waals surface area contributed by atoms with Crippen LogP contribution in [0.5, 0.6) is 0 Å². The van der Waals surface area contributed by atoms with E-state index in [9.17, 15) is 36.0 Å². The first-order chi connectivity index (χ1) is 18.8. The number of nitrogens with zero attached hydrogens (tertiary/aromatic N) is 2. The Morgan fingerprint density at radius 3 is 1.25 bits per heavy atom. The minimum Gasteiger partial charge on any atom is -0.387 e. The maximum absolute atomic E-state index is 12.3. The minimum absolute atomic E-state index is 0.0535. The molecular formula is C26H28N2O10S2. The summed E-state index contributed by atoms with van der Waals surface area (Å²) in [6.07, 6.45) is 0.837. The molecule has 12 nitrogen and oxygen atoms in total. The van der Waals surface area contributed by atoms with Crippen LogP contribution in [0.2, 0.25) is 0 Å². The van der Waals surface area contributed by atoms with Gasteiger partial charge >= 0.3 is 0 Å². The SMILES string of the molecule is Cc1ccc(S(=O)(=O)CCC(=O)C(=O)CO/N=C/C=N/OCC(=O)C(=O)CCS(=O)(=O)c2ccc(C)cc2)cc1. The lowest BCUT2D eigenvalue weighted by atomic mass is 10.2. The van der Waals surface area contributed by atoms with Crippen molar-refractivity contribution in [2.24, 2.45) is 10.3 Å². The van der Waals surface area contributed by atoms with Gasteiger partial charge in [0, 0.05) is 12.8 Å². The predicted octanol–water partition coefficient (Wildman–Crippen LogP) is 1.61. The number of carbonyl (C=O) groups is 4. The predicted molar refractivity (Wildman–Crippen MR) is 145 cm³/mol. The Balaban J connectivity index is 1.65. The van der Waals surface area contributed by atoms with E-state index < -0.39 is 80.4 Å². The third-order valence-electron chi connectivity index (χ3n) is 5.31. The molecule has 0 bridgehead atoms. The standard InChI is InChI=1S/C26H28N2O10S2/c1-19-3-7-21(8-4-19)39(33,34)15-11-23(29)25(31)17-37-27-13-14-28-38-18-26(32)24(30)12-16-40(35,36)22-9-5-20(2)6-10-22/h3-10,13-14H,11-12,15-18H2,1-2H3/b27-13+,28-14+. The molecule has 0 aliphatic heterocycles. The van der Waals surface area contributed by atoms with Gasteiger partial charge in [-0.2, -0.15) is 0 Å². The Hall–Kier alpha value is -4.04. The van der Waals surface area contributed by atoms with Crippen LogP contribution in [-0.2, 0) is 48.5 Å². The molecule has 0 spiro atoms. The van der Waals surface area contributed by atoms with E-state index in [2.05, 4.69) is 20.0 Å². The molecule has 2 rings (SSSR count). The van der Waals surface area contributed by atoms with Gasteiger partial charge in [-0.05, 0) is 38.1 Å². The average molecular weight is 593 g/mol. The van der Waals surface area contributed by atoms with Gasteiger partial charge in [-0.3, -0.25) is 19.2 Å². The normalized spacial score (nSPS) is 11.9. The Morgan fingerprint density at radius 2 is 0.925 bits per heavy atom. The van der Waals surface area contributed by atoms with Gasteiger partial charge in [0.05, 0.1) is 33.7 Å². The van der Waals surface area contributed by atoms with Crippen molar-refractivity contribution in [3.05, 3.63) is 59.7 Å². The number of hydrogen-bond acceptors (Lipinski definition) is 12. The molecule has 2 aromatic rings. The molecule has 0 radical (unpaired) electrons. The quantitative estimate of drug-likeness (QED) is 0.149.